The summed E-state index contributed by atoms with van der Waals surface area (Å²) in [5, 5.41) is 29.4. The lowest BCUT2D eigenvalue weighted by atomic mass is 10.1. The molecule has 0 aliphatic rings. The first-order valence-corrected chi connectivity index (χ1v) is 26.8. The van der Waals surface area contributed by atoms with Crippen molar-refractivity contribution >= 4 is 107 Å². The number of H-pyrrole nitrogens is 2. The average Bonchev–Trinajstić information content (AvgIpc) is 3.27. The molecule has 0 amide bonds. The van der Waals surface area contributed by atoms with Gasteiger partial charge in [-0.15, -0.1) is 15.3 Å². The van der Waals surface area contributed by atoms with Crippen molar-refractivity contribution in [1.29, 1.82) is 0 Å². The second-order valence-corrected chi connectivity index (χ2v) is 22.2. The molecule has 0 atom stereocenters. The molecule has 0 radical (unpaired) electrons. The number of rotatable bonds is 15. The van der Waals surface area contributed by atoms with Crippen LogP contribution in [0, 0.1) is 6.92 Å². The molecule has 0 fully saturated rings. The number of hydrogen-bond donors (Lipinski definition) is 8. The molecule has 0 saturated heterocycles. The Labute approximate surface area is 396 Å². The summed E-state index contributed by atoms with van der Waals surface area (Å²) >= 11 is 0. The first-order chi connectivity index (χ1) is 32.8. The highest BCUT2D eigenvalue weighted by atomic mass is 32.2. The predicted octanol–water partition coefficient (Wildman–Crippen LogP) is 5.99. The predicted molar refractivity (Wildman–Crippen MR) is 248 cm³/mol. The quantitative estimate of drug-likeness (QED) is 0.0431. The Balaban J connectivity index is 1.27. The molecule has 25 nitrogen and oxygen atoms in total. The van der Waals surface area contributed by atoms with E-state index in [1.54, 1.807) is 13.0 Å². The van der Waals surface area contributed by atoms with E-state index in [1.165, 1.54) is 72.8 Å². The summed E-state index contributed by atoms with van der Waals surface area (Å²) in [5.41, 5.74) is -0.129. The van der Waals surface area contributed by atoms with Gasteiger partial charge in [-0.25, -0.2) is 18.4 Å². The van der Waals surface area contributed by atoms with E-state index in [4.69, 9.17) is 0 Å². The Morgan fingerprint density at radius 1 is 0.529 bits per heavy atom. The number of aliphatic hydroxyl groups is 1. The Morgan fingerprint density at radius 2 is 1.13 bits per heavy atom. The monoisotopic (exact) mass is 1050 g/mol. The Kier molecular flexibility index (Phi) is 14.2. The summed E-state index contributed by atoms with van der Waals surface area (Å²) in [4.78, 5) is 15.4. The number of fused-ring (bicyclic) bond motifs is 1. The standard InChI is InChI=1S/C40H34N10O15S5/c1-23-19-25(9-13-31(23)47-48-32-14-15-33(30-21-27(67(54,55)56)10-12-29(30)32)49-50-34-7-2-3-8-36(34)69(60,61)62)42-39-44-38(41-24-5-4-6-26(20-24)66(52,53)18-17-51)45-40(46-39)43-35-22-28(68(57,58)59)11-16-37(35)70(63,64)65/h2-16,19-22,51H,17-18H2,1H3,(H,54,55,56)(H,57,58,59)(H,60,61,62)(H,63,64,65)(H3,41,42,43,44,45,46). The van der Waals surface area contributed by atoms with Crippen LogP contribution in [-0.4, -0.2) is 92.7 Å². The average molecular weight is 1060 g/mol. The van der Waals surface area contributed by atoms with Gasteiger partial charge in [-0.05, 0) is 103 Å². The van der Waals surface area contributed by atoms with Crippen molar-refractivity contribution in [1.82, 2.24) is 15.0 Å². The highest BCUT2D eigenvalue weighted by molar-refractivity contribution is 7.91. The molecule has 6 aromatic carbocycles. The number of aryl methyl sites for hydroxylation is 1. The third kappa shape index (κ3) is 12.1. The number of hydrogen-bond acceptors (Lipinski definition) is 19. The van der Waals surface area contributed by atoms with Crippen molar-refractivity contribution in [2.45, 2.75) is 31.4 Å². The number of azo groups is 2. The minimum absolute atomic E-state index is 0.0250. The van der Waals surface area contributed by atoms with E-state index in [-0.39, 0.29) is 55.6 Å². The summed E-state index contributed by atoms with van der Waals surface area (Å²) in [5.74, 6) is -0.723. The first kappa shape index (κ1) is 50.6. The van der Waals surface area contributed by atoms with Crippen LogP contribution < -0.4 is 16.6 Å². The van der Waals surface area contributed by atoms with Gasteiger partial charge in [-0.1, -0.05) is 24.3 Å². The maximum absolute atomic E-state index is 12.7. The fourth-order valence-corrected chi connectivity index (χ4v) is 9.66. The summed E-state index contributed by atoms with van der Waals surface area (Å²) in [6, 6.07) is 23.7. The van der Waals surface area contributed by atoms with Gasteiger partial charge in [-0.3, -0.25) is 28.2 Å². The van der Waals surface area contributed by atoms with Crippen molar-refractivity contribution in [3.63, 3.8) is 0 Å². The summed E-state index contributed by atoms with van der Waals surface area (Å²) in [6.45, 7) is 1.02. The van der Waals surface area contributed by atoms with E-state index in [0.717, 1.165) is 24.3 Å². The summed E-state index contributed by atoms with van der Waals surface area (Å²) < 4.78 is 161. The molecule has 30 heteroatoms. The van der Waals surface area contributed by atoms with Gasteiger partial charge in [0.05, 0.1) is 55.5 Å². The molecule has 0 saturated carbocycles. The van der Waals surface area contributed by atoms with Gasteiger partial charge in [0, 0.05) is 16.5 Å². The second kappa shape index (κ2) is 19.6. The van der Waals surface area contributed by atoms with Gasteiger partial charge in [-0.2, -0.15) is 43.8 Å². The molecule has 0 aliphatic heterocycles. The number of anilines is 2. The van der Waals surface area contributed by atoms with Crippen molar-refractivity contribution < 1.29 is 65.4 Å². The smallest absolute Gasteiger partial charge is 0.296 e. The number of nitrogens with zero attached hydrogens (tertiary/aromatic N) is 7. The van der Waals surface area contributed by atoms with Gasteiger partial charge in [0.2, 0.25) is 17.2 Å². The number of aliphatic hydroxyl groups excluding tert-OH is 1. The van der Waals surface area contributed by atoms with Gasteiger partial charge >= 0.3 is 0 Å². The third-order valence-corrected chi connectivity index (χ3v) is 14.8. The molecule has 1 aromatic heterocycles. The molecular formula is C40H34N10O15S5. The van der Waals surface area contributed by atoms with E-state index < -0.39 is 87.9 Å². The zero-order valence-electron chi connectivity index (χ0n) is 35.4. The zero-order chi connectivity index (χ0) is 50.8. The maximum Gasteiger partial charge on any atom is 0.296 e. The van der Waals surface area contributed by atoms with Crippen molar-refractivity contribution in [2.24, 2.45) is 30.4 Å². The normalized spacial score (nSPS) is 13.5. The topological polar surface area (TPSA) is 403 Å². The second-order valence-electron chi connectivity index (χ2n) is 14.5. The number of aromatic amines is 2. The van der Waals surface area contributed by atoms with Gasteiger partial charge in [0.25, 0.3) is 40.5 Å². The van der Waals surface area contributed by atoms with E-state index in [0.29, 0.717) is 29.1 Å². The van der Waals surface area contributed by atoms with Gasteiger partial charge in [0.15, 0.2) is 9.84 Å². The zero-order valence-corrected chi connectivity index (χ0v) is 39.5. The van der Waals surface area contributed by atoms with Crippen molar-refractivity contribution in [3.8, 4) is 0 Å². The molecule has 364 valence electrons. The molecule has 70 heavy (non-hydrogen) atoms. The number of nitrogens with one attached hydrogen (secondary N) is 3. The Morgan fingerprint density at radius 3 is 1.79 bits per heavy atom. The Bertz CT molecular complexity index is 4050. The molecule has 0 bridgehead atoms. The van der Waals surface area contributed by atoms with Crippen LogP contribution >= 0.6 is 0 Å². The van der Waals surface area contributed by atoms with E-state index >= 15 is 0 Å². The summed E-state index contributed by atoms with van der Waals surface area (Å²) in [7, 11) is -23.2. The van der Waals surface area contributed by atoms with Crippen LogP contribution in [0.5, 0.6) is 0 Å². The van der Waals surface area contributed by atoms with Gasteiger partial charge in [0.1, 0.15) is 15.5 Å². The third-order valence-electron chi connectivity index (χ3n) is 9.57. The van der Waals surface area contributed by atoms with Crippen LogP contribution in [0.1, 0.15) is 5.56 Å². The van der Waals surface area contributed by atoms with Crippen LogP contribution in [0.3, 0.4) is 0 Å². The lowest BCUT2D eigenvalue weighted by Gasteiger charge is -2.09. The lowest BCUT2D eigenvalue weighted by Crippen LogP contribution is -2.28. The van der Waals surface area contributed by atoms with Crippen molar-refractivity contribution in [2.75, 3.05) is 17.7 Å². The Hall–Kier alpha value is -7.26. The van der Waals surface area contributed by atoms with Crippen LogP contribution in [0.25, 0.3) is 10.8 Å². The molecular weight excluding hydrogens is 1020 g/mol. The molecule has 8 N–H and O–H groups in total. The molecule has 7 rings (SSSR count). The summed E-state index contributed by atoms with van der Waals surface area (Å²) in [6.07, 6.45) is 0. The molecule has 0 aliphatic carbocycles. The van der Waals surface area contributed by atoms with Crippen LogP contribution in [0.2, 0.25) is 0 Å². The number of benzene rings is 6. The van der Waals surface area contributed by atoms with Crippen LogP contribution in [-0.2, 0) is 50.3 Å². The minimum atomic E-state index is -5.03. The largest absolute Gasteiger partial charge is 0.395 e. The minimum Gasteiger partial charge on any atom is -0.395 e. The number of aromatic nitrogens is 3. The lowest BCUT2D eigenvalue weighted by molar-refractivity contribution is 0.319. The molecule has 7 aromatic rings. The fraction of sp³-hybridized carbons (Fsp3) is 0.0750. The molecule has 0 unspecified atom stereocenters. The van der Waals surface area contributed by atoms with E-state index in [2.05, 4.69) is 50.7 Å². The van der Waals surface area contributed by atoms with E-state index in [9.17, 15) is 65.4 Å². The number of sulfone groups is 1. The SMILES string of the molecule is Cc1cc(Nc2nc(=Nc3cccc(S(=O)(=O)CCO)c3)[nH]c(=Nc3cc(S(=O)(=O)O)ccc3S(=O)(=O)O)[nH]2)ccc1N=Nc1ccc(N=Nc2ccccc2S(=O)(=O)O)c2cc(S(=O)(=O)O)ccc12. The highest BCUT2D eigenvalue weighted by Gasteiger charge is 2.21. The van der Waals surface area contributed by atoms with Gasteiger partial charge < -0.3 is 10.4 Å². The van der Waals surface area contributed by atoms with Crippen LogP contribution in [0.4, 0.5) is 45.8 Å². The van der Waals surface area contributed by atoms with Crippen LogP contribution in [0.15, 0.2) is 170 Å². The molecule has 0 spiro atoms. The highest BCUT2D eigenvalue weighted by Crippen LogP contribution is 2.38. The van der Waals surface area contributed by atoms with E-state index in [1.807, 2.05) is 0 Å². The fourth-order valence-electron chi connectivity index (χ4n) is 6.36. The maximum atomic E-state index is 12.7. The van der Waals surface area contributed by atoms with Crippen molar-refractivity contribution in [3.05, 3.63) is 132 Å². The molecule has 1 heterocycles. The first-order valence-electron chi connectivity index (χ1n) is 19.4.